The largest absolute Gasteiger partial charge is 0.457 e. The third-order valence-corrected chi connectivity index (χ3v) is 3.00. The Morgan fingerprint density at radius 2 is 1.88 bits per heavy atom. The predicted octanol–water partition coefficient (Wildman–Crippen LogP) is 2.84. The second-order valence-corrected chi connectivity index (χ2v) is 5.54. The number of rotatable bonds is 1. The van der Waals surface area contributed by atoms with Gasteiger partial charge < -0.3 is 9.94 Å². The molecule has 0 bridgehead atoms. The molecule has 0 aliphatic carbocycles. The number of nitrogens with zero attached hydrogens (tertiary/aromatic N) is 4. The van der Waals surface area contributed by atoms with E-state index in [-0.39, 0.29) is 6.10 Å². The van der Waals surface area contributed by atoms with Crippen LogP contribution in [0.3, 0.4) is 0 Å². The Bertz CT molecular complexity index is 343. The van der Waals surface area contributed by atoms with Gasteiger partial charge in [-0.15, -0.1) is 0 Å². The fourth-order valence-corrected chi connectivity index (χ4v) is 2.46. The first-order valence-corrected chi connectivity index (χ1v) is 5.44. The zero-order valence-corrected chi connectivity index (χ0v) is 10.5. The number of hydrogen-bond donors (Lipinski definition) is 1. The lowest BCUT2D eigenvalue weighted by molar-refractivity contribution is -0.256. The summed E-state index contributed by atoms with van der Waals surface area (Å²) in [7, 11) is 0. The van der Waals surface area contributed by atoms with E-state index in [0.717, 1.165) is 0 Å². The third-order valence-electron chi connectivity index (χ3n) is 3.00. The summed E-state index contributed by atoms with van der Waals surface area (Å²) in [6, 6.07) is 0. The topological polar surface area (TPSA) is 98.5 Å². The summed E-state index contributed by atoms with van der Waals surface area (Å²) in [6.07, 6.45) is -0.309. The molecule has 0 aromatic rings. The molecule has 96 valence electrons. The first-order chi connectivity index (χ1) is 7.69. The highest BCUT2D eigenvalue weighted by Crippen LogP contribution is 2.37. The summed E-state index contributed by atoms with van der Waals surface area (Å²) >= 11 is 0. The highest BCUT2D eigenvalue weighted by atomic mass is 16.6. The number of amides is 1. The Hall–Kier alpha value is -1.30. The second-order valence-electron chi connectivity index (χ2n) is 5.54. The van der Waals surface area contributed by atoms with Gasteiger partial charge in [0.25, 0.3) is 0 Å². The van der Waals surface area contributed by atoms with Crippen LogP contribution in [0.15, 0.2) is 5.11 Å². The normalized spacial score (nSPS) is 23.8. The smallest absolute Gasteiger partial charge is 0.397 e. The monoisotopic (exact) mass is 242 g/mol. The lowest BCUT2D eigenvalue weighted by Gasteiger charge is -2.50. The van der Waals surface area contributed by atoms with Gasteiger partial charge in [0.15, 0.2) is 0 Å². The minimum absolute atomic E-state index is 0.360. The van der Waals surface area contributed by atoms with Crippen molar-refractivity contribution < 1.29 is 14.7 Å². The molecule has 7 nitrogen and oxygen atoms in total. The molecular formula is C10H18N4O3. The number of azide groups is 1. The Kier molecular flexibility index (Phi) is 3.66. The van der Waals surface area contributed by atoms with E-state index in [2.05, 4.69) is 10.0 Å². The fraction of sp³-hybridized carbons (Fsp3) is 0.900. The molecule has 1 saturated heterocycles. The number of hydroxylamine groups is 2. The van der Waals surface area contributed by atoms with Crippen LogP contribution in [0.25, 0.3) is 10.4 Å². The molecule has 0 radical (unpaired) electrons. The van der Waals surface area contributed by atoms with Crippen LogP contribution in [0.5, 0.6) is 0 Å². The van der Waals surface area contributed by atoms with E-state index in [4.69, 9.17) is 10.3 Å². The van der Waals surface area contributed by atoms with Crippen LogP contribution in [0, 0.1) is 0 Å². The van der Waals surface area contributed by atoms with E-state index in [1.54, 1.807) is 0 Å². The van der Waals surface area contributed by atoms with Gasteiger partial charge in [0, 0.05) is 33.9 Å². The van der Waals surface area contributed by atoms with Crippen molar-refractivity contribution in [3.05, 3.63) is 10.4 Å². The highest BCUT2D eigenvalue weighted by molar-refractivity contribution is 5.68. The molecular weight excluding hydrogens is 224 g/mol. The van der Waals surface area contributed by atoms with Crippen LogP contribution in [0.1, 0.15) is 40.5 Å². The molecule has 0 aromatic heterocycles. The Balaban J connectivity index is 2.78. The van der Waals surface area contributed by atoms with Gasteiger partial charge >= 0.3 is 6.09 Å². The molecule has 0 unspecified atom stereocenters. The zero-order chi connectivity index (χ0) is 13.3. The second kappa shape index (κ2) is 4.52. The molecule has 17 heavy (non-hydrogen) atoms. The Morgan fingerprint density at radius 1 is 1.41 bits per heavy atom. The van der Waals surface area contributed by atoms with Gasteiger partial charge in [0.05, 0.1) is 0 Å². The first-order valence-electron chi connectivity index (χ1n) is 5.44. The van der Waals surface area contributed by atoms with Crippen molar-refractivity contribution in [3.8, 4) is 0 Å². The summed E-state index contributed by atoms with van der Waals surface area (Å²) in [4.78, 5) is 13.5. The van der Waals surface area contributed by atoms with Crippen LogP contribution in [-0.2, 0) is 4.74 Å². The summed E-state index contributed by atoms with van der Waals surface area (Å²) in [5, 5.41) is 14.2. The van der Waals surface area contributed by atoms with Gasteiger partial charge in [-0.1, -0.05) is 0 Å². The predicted molar refractivity (Wildman–Crippen MR) is 60.4 cm³/mol. The molecule has 1 aliphatic heterocycles. The fourth-order valence-electron chi connectivity index (χ4n) is 2.46. The van der Waals surface area contributed by atoms with Crippen LogP contribution in [-0.4, -0.2) is 33.5 Å². The first kappa shape index (κ1) is 13.8. The van der Waals surface area contributed by atoms with Crippen molar-refractivity contribution in [2.24, 2.45) is 5.11 Å². The molecule has 0 aromatic carbocycles. The van der Waals surface area contributed by atoms with Crippen molar-refractivity contribution >= 4 is 6.09 Å². The van der Waals surface area contributed by atoms with E-state index >= 15 is 0 Å². The van der Waals surface area contributed by atoms with Gasteiger partial charge in [-0.2, -0.15) is 5.06 Å². The van der Waals surface area contributed by atoms with Crippen LogP contribution >= 0.6 is 0 Å². The Labute approximate surface area is 99.9 Å². The average molecular weight is 242 g/mol. The molecule has 1 aliphatic rings. The molecule has 1 rings (SSSR count). The quantitative estimate of drug-likeness (QED) is 0.434. The van der Waals surface area contributed by atoms with Crippen LogP contribution < -0.4 is 0 Å². The van der Waals surface area contributed by atoms with E-state index in [1.807, 2.05) is 27.7 Å². The van der Waals surface area contributed by atoms with E-state index in [9.17, 15) is 10.0 Å². The SMILES string of the molecule is CC1(C)CC(OC(=O)N=[N+]=[N-])CC(C)(C)N1O. The van der Waals surface area contributed by atoms with Crippen molar-refractivity contribution in [2.45, 2.75) is 57.7 Å². The zero-order valence-electron chi connectivity index (χ0n) is 10.5. The van der Waals surface area contributed by atoms with Crippen LogP contribution in [0.2, 0.25) is 0 Å². The minimum Gasteiger partial charge on any atom is -0.457 e. The maximum Gasteiger partial charge on any atom is 0.397 e. The maximum absolute atomic E-state index is 11.1. The summed E-state index contributed by atoms with van der Waals surface area (Å²) < 4.78 is 5.05. The number of carbonyl (C=O) groups is 1. The van der Waals surface area contributed by atoms with Gasteiger partial charge in [-0.25, -0.2) is 4.79 Å². The van der Waals surface area contributed by atoms with Crippen molar-refractivity contribution in [1.29, 1.82) is 0 Å². The molecule has 1 N–H and O–H groups in total. The van der Waals surface area contributed by atoms with Gasteiger partial charge in [-0.05, 0) is 33.2 Å². The standard InChI is InChI=1S/C10H18N4O3/c1-9(2)5-7(17-8(15)12-13-11)6-10(3,4)14(9)16/h7,16H,5-6H2,1-4H3. The molecule has 0 spiro atoms. The lowest BCUT2D eigenvalue weighted by Crippen LogP contribution is -2.60. The minimum atomic E-state index is -0.921. The average Bonchev–Trinajstić information content (AvgIpc) is 2.13. The molecule has 1 fully saturated rings. The number of ether oxygens (including phenoxy) is 1. The van der Waals surface area contributed by atoms with E-state index in [0.29, 0.717) is 12.8 Å². The molecule has 0 saturated carbocycles. The maximum atomic E-state index is 11.1. The van der Waals surface area contributed by atoms with Crippen molar-refractivity contribution in [3.63, 3.8) is 0 Å². The van der Waals surface area contributed by atoms with E-state index < -0.39 is 17.2 Å². The molecule has 1 amide bonds. The van der Waals surface area contributed by atoms with Gasteiger partial charge in [0.1, 0.15) is 6.10 Å². The lowest BCUT2D eigenvalue weighted by atomic mass is 9.80. The van der Waals surface area contributed by atoms with Crippen molar-refractivity contribution in [2.75, 3.05) is 0 Å². The summed E-state index contributed by atoms with van der Waals surface area (Å²) in [5.74, 6) is 0. The summed E-state index contributed by atoms with van der Waals surface area (Å²) in [5.41, 5.74) is 7.13. The molecule has 0 atom stereocenters. The highest BCUT2D eigenvalue weighted by Gasteiger charge is 2.46. The van der Waals surface area contributed by atoms with Gasteiger partial charge in [-0.3, -0.25) is 0 Å². The van der Waals surface area contributed by atoms with E-state index in [1.165, 1.54) is 5.06 Å². The molecule has 7 heteroatoms. The third kappa shape index (κ3) is 3.09. The number of piperidine rings is 1. The van der Waals surface area contributed by atoms with Gasteiger partial charge in [0.2, 0.25) is 0 Å². The molecule has 1 heterocycles. The summed E-state index contributed by atoms with van der Waals surface area (Å²) in [6.45, 7) is 7.45. The van der Waals surface area contributed by atoms with Crippen LogP contribution in [0.4, 0.5) is 4.79 Å². The number of carbonyl (C=O) groups excluding carboxylic acids is 1. The number of hydrogen-bond acceptors (Lipinski definition) is 4. The van der Waals surface area contributed by atoms with Crippen molar-refractivity contribution in [1.82, 2.24) is 5.06 Å². The Morgan fingerprint density at radius 3 is 2.29 bits per heavy atom.